The minimum absolute atomic E-state index is 0.0339. The first-order chi connectivity index (χ1) is 11.5. The molecule has 0 aliphatic carbocycles. The Labute approximate surface area is 140 Å². The SMILES string of the molecule is CC(C)c1noc(CC2CCN(C(=O)c3ccc(F)cc3)CC2)n1. The number of rotatable bonds is 4. The summed E-state index contributed by atoms with van der Waals surface area (Å²) in [5.41, 5.74) is 0.535. The van der Waals surface area contributed by atoms with E-state index < -0.39 is 0 Å². The van der Waals surface area contributed by atoms with Gasteiger partial charge < -0.3 is 9.42 Å². The summed E-state index contributed by atoms with van der Waals surface area (Å²) in [6.45, 7) is 5.47. The summed E-state index contributed by atoms with van der Waals surface area (Å²) in [4.78, 5) is 18.7. The summed E-state index contributed by atoms with van der Waals surface area (Å²) in [7, 11) is 0. The van der Waals surface area contributed by atoms with Crippen molar-refractivity contribution in [3.8, 4) is 0 Å². The van der Waals surface area contributed by atoms with Gasteiger partial charge in [0.05, 0.1) is 0 Å². The van der Waals surface area contributed by atoms with Crippen LogP contribution in [0.25, 0.3) is 0 Å². The van der Waals surface area contributed by atoms with Gasteiger partial charge in [0.15, 0.2) is 5.82 Å². The minimum Gasteiger partial charge on any atom is -0.339 e. The maximum Gasteiger partial charge on any atom is 0.253 e. The van der Waals surface area contributed by atoms with Crippen LogP contribution in [0.5, 0.6) is 0 Å². The largest absolute Gasteiger partial charge is 0.339 e. The van der Waals surface area contributed by atoms with Crippen LogP contribution in [-0.4, -0.2) is 34.0 Å². The summed E-state index contributed by atoms with van der Waals surface area (Å²) < 4.78 is 18.3. The molecule has 1 aliphatic rings. The number of benzene rings is 1. The van der Waals surface area contributed by atoms with Gasteiger partial charge in [-0.1, -0.05) is 19.0 Å². The Kier molecular flexibility index (Phi) is 4.92. The van der Waals surface area contributed by atoms with Crippen LogP contribution in [0.2, 0.25) is 0 Å². The number of amides is 1. The lowest BCUT2D eigenvalue weighted by atomic mass is 9.93. The molecule has 3 rings (SSSR count). The summed E-state index contributed by atoms with van der Waals surface area (Å²) >= 11 is 0. The number of hydrogen-bond donors (Lipinski definition) is 0. The molecule has 0 atom stereocenters. The Balaban J connectivity index is 1.53. The highest BCUT2D eigenvalue weighted by atomic mass is 19.1. The first-order valence-corrected chi connectivity index (χ1v) is 8.40. The van der Waals surface area contributed by atoms with Crippen molar-refractivity contribution < 1.29 is 13.7 Å². The molecule has 0 unspecified atom stereocenters. The molecule has 0 radical (unpaired) electrons. The van der Waals surface area contributed by atoms with Crippen molar-refractivity contribution in [1.82, 2.24) is 15.0 Å². The quantitative estimate of drug-likeness (QED) is 0.861. The van der Waals surface area contributed by atoms with Crippen LogP contribution >= 0.6 is 0 Å². The van der Waals surface area contributed by atoms with Crippen LogP contribution in [0.1, 0.15) is 54.7 Å². The molecule has 0 saturated carbocycles. The topological polar surface area (TPSA) is 59.2 Å². The standard InChI is InChI=1S/C18H22FN3O2/c1-12(2)17-20-16(24-21-17)11-13-7-9-22(10-8-13)18(23)14-3-5-15(19)6-4-14/h3-6,12-13H,7-11H2,1-2H3. The fourth-order valence-electron chi connectivity index (χ4n) is 2.95. The first kappa shape index (κ1) is 16.6. The molecule has 128 valence electrons. The number of carbonyl (C=O) groups excluding carboxylic acids is 1. The number of piperidine rings is 1. The summed E-state index contributed by atoms with van der Waals surface area (Å²) in [5.74, 6) is 1.77. The number of nitrogens with zero attached hydrogens (tertiary/aromatic N) is 3. The second-order valence-electron chi connectivity index (χ2n) is 6.65. The molecule has 5 nitrogen and oxygen atoms in total. The van der Waals surface area contributed by atoms with E-state index in [0.717, 1.165) is 25.1 Å². The highest BCUT2D eigenvalue weighted by Gasteiger charge is 2.25. The monoisotopic (exact) mass is 331 g/mol. The number of aromatic nitrogens is 2. The molecule has 0 bridgehead atoms. The molecular formula is C18H22FN3O2. The van der Waals surface area contributed by atoms with Crippen LogP contribution in [0.4, 0.5) is 4.39 Å². The van der Waals surface area contributed by atoms with Gasteiger partial charge in [0.25, 0.3) is 5.91 Å². The Morgan fingerprint density at radius 1 is 1.29 bits per heavy atom. The molecule has 6 heteroatoms. The molecule has 1 fully saturated rings. The number of carbonyl (C=O) groups is 1. The van der Waals surface area contributed by atoms with Gasteiger partial charge in [-0.25, -0.2) is 4.39 Å². The lowest BCUT2D eigenvalue weighted by molar-refractivity contribution is 0.0687. The Bertz CT molecular complexity index is 689. The molecule has 1 aromatic heterocycles. The molecule has 0 spiro atoms. The second-order valence-corrected chi connectivity index (χ2v) is 6.65. The zero-order valence-electron chi connectivity index (χ0n) is 14.0. The summed E-state index contributed by atoms with van der Waals surface area (Å²) in [6, 6.07) is 5.72. The van der Waals surface area contributed by atoms with Crippen LogP contribution < -0.4 is 0 Å². The summed E-state index contributed by atoms with van der Waals surface area (Å²) in [5, 5.41) is 3.99. The lowest BCUT2D eigenvalue weighted by Gasteiger charge is -2.31. The number of halogens is 1. The van der Waals surface area contributed by atoms with Crippen LogP contribution in [0.15, 0.2) is 28.8 Å². The van der Waals surface area contributed by atoms with Gasteiger partial charge in [0.1, 0.15) is 5.82 Å². The smallest absolute Gasteiger partial charge is 0.253 e. The van der Waals surface area contributed by atoms with Crippen LogP contribution in [0, 0.1) is 11.7 Å². The van der Waals surface area contributed by atoms with Crippen molar-refractivity contribution in [1.29, 1.82) is 0 Å². The molecular weight excluding hydrogens is 309 g/mol. The fourth-order valence-corrected chi connectivity index (χ4v) is 2.95. The van der Waals surface area contributed by atoms with Crippen molar-refractivity contribution in [2.45, 2.75) is 39.0 Å². The van der Waals surface area contributed by atoms with E-state index in [2.05, 4.69) is 10.1 Å². The highest BCUT2D eigenvalue weighted by molar-refractivity contribution is 5.94. The van der Waals surface area contributed by atoms with Gasteiger partial charge in [-0.3, -0.25) is 4.79 Å². The van der Waals surface area contributed by atoms with Crippen molar-refractivity contribution in [2.75, 3.05) is 13.1 Å². The maximum absolute atomic E-state index is 13.0. The van der Waals surface area contributed by atoms with Gasteiger partial charge in [-0.05, 0) is 43.0 Å². The molecule has 2 aromatic rings. The molecule has 2 heterocycles. The van der Waals surface area contributed by atoms with Crippen LogP contribution in [-0.2, 0) is 6.42 Å². The molecule has 0 N–H and O–H groups in total. The van der Waals surface area contributed by atoms with E-state index in [4.69, 9.17) is 4.52 Å². The predicted octanol–water partition coefficient (Wildman–Crippen LogP) is 3.43. The molecule has 1 amide bonds. The number of hydrogen-bond acceptors (Lipinski definition) is 4. The van der Waals surface area contributed by atoms with Crippen molar-refractivity contribution in [2.24, 2.45) is 5.92 Å². The third kappa shape index (κ3) is 3.80. The van der Waals surface area contributed by atoms with Gasteiger partial charge in [0, 0.05) is 31.0 Å². The molecule has 1 saturated heterocycles. The van der Waals surface area contributed by atoms with E-state index in [9.17, 15) is 9.18 Å². The third-order valence-corrected chi connectivity index (χ3v) is 4.46. The zero-order chi connectivity index (χ0) is 17.1. The normalized spacial score (nSPS) is 15.9. The van der Waals surface area contributed by atoms with E-state index in [0.29, 0.717) is 30.5 Å². The average molecular weight is 331 g/mol. The Hall–Kier alpha value is -2.24. The Morgan fingerprint density at radius 3 is 2.54 bits per heavy atom. The van der Waals surface area contributed by atoms with Crippen molar-refractivity contribution >= 4 is 5.91 Å². The van der Waals surface area contributed by atoms with E-state index in [1.165, 1.54) is 24.3 Å². The Morgan fingerprint density at radius 2 is 1.96 bits per heavy atom. The lowest BCUT2D eigenvalue weighted by Crippen LogP contribution is -2.38. The fraction of sp³-hybridized carbons (Fsp3) is 0.500. The van der Waals surface area contributed by atoms with E-state index in [1.54, 1.807) is 0 Å². The minimum atomic E-state index is -0.328. The van der Waals surface area contributed by atoms with Gasteiger partial charge in [-0.2, -0.15) is 4.98 Å². The van der Waals surface area contributed by atoms with Crippen molar-refractivity contribution in [3.63, 3.8) is 0 Å². The molecule has 24 heavy (non-hydrogen) atoms. The zero-order valence-corrected chi connectivity index (χ0v) is 14.0. The van der Waals surface area contributed by atoms with Crippen molar-refractivity contribution in [3.05, 3.63) is 47.4 Å². The van der Waals surface area contributed by atoms with E-state index in [1.807, 2.05) is 18.7 Å². The molecule has 1 aromatic carbocycles. The second kappa shape index (κ2) is 7.11. The third-order valence-electron chi connectivity index (χ3n) is 4.46. The van der Waals surface area contributed by atoms with E-state index >= 15 is 0 Å². The molecule has 1 aliphatic heterocycles. The highest BCUT2D eigenvalue weighted by Crippen LogP contribution is 2.23. The number of likely N-dealkylation sites (tertiary alicyclic amines) is 1. The van der Waals surface area contributed by atoms with Gasteiger partial charge >= 0.3 is 0 Å². The predicted molar refractivity (Wildman–Crippen MR) is 87.1 cm³/mol. The van der Waals surface area contributed by atoms with E-state index in [-0.39, 0.29) is 17.6 Å². The maximum atomic E-state index is 13.0. The van der Waals surface area contributed by atoms with Gasteiger partial charge in [0.2, 0.25) is 5.89 Å². The van der Waals surface area contributed by atoms with Crippen LogP contribution in [0.3, 0.4) is 0 Å². The average Bonchev–Trinajstić information content (AvgIpc) is 3.04. The first-order valence-electron chi connectivity index (χ1n) is 8.40. The van der Waals surface area contributed by atoms with Gasteiger partial charge in [-0.15, -0.1) is 0 Å². The summed E-state index contributed by atoms with van der Waals surface area (Å²) in [6.07, 6.45) is 2.58.